The van der Waals surface area contributed by atoms with Gasteiger partial charge in [-0.3, -0.25) is 4.79 Å². The van der Waals surface area contributed by atoms with Gasteiger partial charge < -0.3 is 14.6 Å². The molecule has 2 atom stereocenters. The number of aromatic nitrogens is 1. The quantitative estimate of drug-likeness (QED) is 0.827. The highest BCUT2D eigenvalue weighted by Crippen LogP contribution is 2.22. The molecule has 0 bridgehead atoms. The maximum atomic E-state index is 12.3. The second kappa shape index (κ2) is 7.81. The number of anilines is 1. The largest absolute Gasteiger partial charge is 0.481 e. The van der Waals surface area contributed by atoms with Crippen LogP contribution in [0.4, 0.5) is 5.82 Å². The Balaban J connectivity index is 1.99. The van der Waals surface area contributed by atoms with Crippen molar-refractivity contribution in [1.82, 2.24) is 5.16 Å². The fraction of sp³-hybridized carbons (Fsp3) is 0.444. The summed E-state index contributed by atoms with van der Waals surface area (Å²) in [7, 11) is 0. The summed E-state index contributed by atoms with van der Waals surface area (Å²) in [6.07, 6.45) is 1.09. The van der Waals surface area contributed by atoms with Crippen LogP contribution in [0.25, 0.3) is 0 Å². The lowest BCUT2D eigenvalue weighted by Gasteiger charge is -2.17. The molecule has 0 fully saturated rings. The number of carbonyl (C=O) groups is 1. The average Bonchev–Trinajstić information content (AvgIpc) is 2.97. The molecule has 1 heterocycles. The van der Waals surface area contributed by atoms with Crippen LogP contribution in [-0.4, -0.2) is 17.2 Å². The molecule has 0 saturated carbocycles. The second-order valence-corrected chi connectivity index (χ2v) is 5.71. The first-order valence-electron chi connectivity index (χ1n) is 8.04. The van der Waals surface area contributed by atoms with Gasteiger partial charge in [-0.2, -0.15) is 0 Å². The summed E-state index contributed by atoms with van der Waals surface area (Å²) in [6.45, 7) is 8.04. The van der Waals surface area contributed by atoms with Gasteiger partial charge in [-0.05, 0) is 43.4 Å². The fourth-order valence-electron chi connectivity index (χ4n) is 2.23. The van der Waals surface area contributed by atoms with Crippen LogP contribution in [0.15, 0.2) is 34.9 Å². The number of carbonyl (C=O) groups excluding carboxylic acids is 1. The second-order valence-electron chi connectivity index (χ2n) is 5.71. The van der Waals surface area contributed by atoms with Crippen molar-refractivity contribution in [3.05, 3.63) is 41.7 Å². The smallest absolute Gasteiger partial charge is 0.266 e. The van der Waals surface area contributed by atoms with Crippen molar-refractivity contribution in [2.24, 2.45) is 0 Å². The number of aryl methyl sites for hydroxylation is 1. The average molecular weight is 316 g/mol. The normalized spacial score (nSPS) is 13.4. The van der Waals surface area contributed by atoms with Crippen LogP contribution >= 0.6 is 0 Å². The van der Waals surface area contributed by atoms with Crippen LogP contribution in [0, 0.1) is 6.92 Å². The molecule has 5 heteroatoms. The third-order valence-electron chi connectivity index (χ3n) is 3.88. The zero-order valence-corrected chi connectivity index (χ0v) is 14.1. The van der Waals surface area contributed by atoms with E-state index in [1.165, 1.54) is 5.56 Å². The van der Waals surface area contributed by atoms with E-state index in [4.69, 9.17) is 9.26 Å². The number of benzene rings is 1. The van der Waals surface area contributed by atoms with Crippen molar-refractivity contribution in [2.75, 3.05) is 5.32 Å². The van der Waals surface area contributed by atoms with Crippen molar-refractivity contribution >= 4 is 11.7 Å². The van der Waals surface area contributed by atoms with E-state index in [0.717, 1.165) is 6.42 Å². The number of rotatable bonds is 7. The summed E-state index contributed by atoms with van der Waals surface area (Å²) in [5.41, 5.74) is 1.27. The molecule has 0 radical (unpaired) electrons. The van der Waals surface area contributed by atoms with E-state index in [2.05, 4.69) is 36.5 Å². The molecule has 0 aliphatic carbocycles. The van der Waals surface area contributed by atoms with E-state index in [1.807, 2.05) is 19.1 Å². The first-order chi connectivity index (χ1) is 11.0. The Hall–Kier alpha value is -2.30. The number of amides is 1. The number of nitrogens with zero attached hydrogens (tertiary/aromatic N) is 1. The molecular weight excluding hydrogens is 292 g/mol. The van der Waals surface area contributed by atoms with Crippen LogP contribution in [-0.2, 0) is 4.79 Å². The first kappa shape index (κ1) is 17.1. The lowest BCUT2D eigenvalue weighted by Crippen LogP contribution is -2.32. The van der Waals surface area contributed by atoms with Crippen molar-refractivity contribution < 1.29 is 14.1 Å². The van der Waals surface area contributed by atoms with Gasteiger partial charge >= 0.3 is 0 Å². The van der Waals surface area contributed by atoms with Crippen molar-refractivity contribution in [3.8, 4) is 5.75 Å². The van der Waals surface area contributed by atoms with Gasteiger partial charge in [-0.15, -0.1) is 0 Å². The molecule has 1 aromatic heterocycles. The standard InChI is InChI=1S/C18H24N2O3/c1-5-12(3)14-7-9-15(10-8-14)22-16(6-2)18(21)19-17-11-13(4)23-20-17/h7-12,16H,5-6H2,1-4H3,(H,19,20,21). The van der Waals surface area contributed by atoms with Gasteiger partial charge in [0.15, 0.2) is 11.9 Å². The van der Waals surface area contributed by atoms with Crippen LogP contribution in [0.1, 0.15) is 50.9 Å². The maximum Gasteiger partial charge on any atom is 0.266 e. The molecule has 0 aliphatic rings. The van der Waals surface area contributed by atoms with Crippen LogP contribution in [0.5, 0.6) is 5.75 Å². The molecule has 23 heavy (non-hydrogen) atoms. The molecule has 0 saturated heterocycles. The Labute approximate surface area is 137 Å². The molecule has 1 amide bonds. The molecule has 1 aromatic carbocycles. The predicted octanol–water partition coefficient (Wildman–Crippen LogP) is 4.29. The van der Waals surface area contributed by atoms with E-state index >= 15 is 0 Å². The van der Waals surface area contributed by atoms with Gasteiger partial charge in [-0.25, -0.2) is 0 Å². The predicted molar refractivity (Wildman–Crippen MR) is 89.7 cm³/mol. The molecule has 124 valence electrons. The molecule has 2 aromatic rings. The summed E-state index contributed by atoms with van der Waals surface area (Å²) in [5.74, 6) is 2.03. The fourth-order valence-corrected chi connectivity index (χ4v) is 2.23. The minimum Gasteiger partial charge on any atom is -0.481 e. The van der Waals surface area contributed by atoms with Crippen LogP contribution in [0.3, 0.4) is 0 Å². The maximum absolute atomic E-state index is 12.3. The lowest BCUT2D eigenvalue weighted by atomic mass is 9.99. The summed E-state index contributed by atoms with van der Waals surface area (Å²) in [6, 6.07) is 9.60. The third-order valence-corrected chi connectivity index (χ3v) is 3.88. The summed E-state index contributed by atoms with van der Waals surface area (Å²) in [4.78, 5) is 12.3. The van der Waals surface area contributed by atoms with E-state index < -0.39 is 6.10 Å². The molecule has 2 unspecified atom stereocenters. The topological polar surface area (TPSA) is 64.4 Å². The van der Waals surface area contributed by atoms with Gasteiger partial charge in [0, 0.05) is 6.07 Å². The van der Waals surface area contributed by atoms with Crippen molar-refractivity contribution in [1.29, 1.82) is 0 Å². The minimum atomic E-state index is -0.568. The highest BCUT2D eigenvalue weighted by atomic mass is 16.5. The molecule has 2 rings (SSSR count). The molecular formula is C18H24N2O3. The number of ether oxygens (including phenoxy) is 1. The van der Waals surface area contributed by atoms with Crippen LogP contribution < -0.4 is 10.1 Å². The highest BCUT2D eigenvalue weighted by molar-refractivity contribution is 5.93. The van der Waals surface area contributed by atoms with E-state index in [1.54, 1.807) is 13.0 Å². The van der Waals surface area contributed by atoms with E-state index in [0.29, 0.717) is 29.7 Å². The van der Waals surface area contributed by atoms with Gasteiger partial charge in [0.2, 0.25) is 0 Å². The third kappa shape index (κ3) is 4.58. The molecule has 0 spiro atoms. The van der Waals surface area contributed by atoms with Gasteiger partial charge in [0.25, 0.3) is 5.91 Å². The van der Waals surface area contributed by atoms with Crippen molar-refractivity contribution in [2.45, 2.75) is 52.6 Å². The first-order valence-corrected chi connectivity index (χ1v) is 8.04. The molecule has 1 N–H and O–H groups in total. The Bertz CT molecular complexity index is 634. The summed E-state index contributed by atoms with van der Waals surface area (Å²) in [5, 5.41) is 6.46. The van der Waals surface area contributed by atoms with Gasteiger partial charge in [0.1, 0.15) is 11.5 Å². The van der Waals surface area contributed by atoms with Crippen LogP contribution in [0.2, 0.25) is 0 Å². The number of hydrogen-bond acceptors (Lipinski definition) is 4. The Morgan fingerprint density at radius 1 is 1.26 bits per heavy atom. The number of hydrogen-bond donors (Lipinski definition) is 1. The Morgan fingerprint density at radius 3 is 2.48 bits per heavy atom. The monoisotopic (exact) mass is 316 g/mol. The van der Waals surface area contributed by atoms with Crippen molar-refractivity contribution in [3.63, 3.8) is 0 Å². The Morgan fingerprint density at radius 2 is 1.96 bits per heavy atom. The van der Waals surface area contributed by atoms with Gasteiger partial charge in [0.05, 0.1) is 0 Å². The van der Waals surface area contributed by atoms with E-state index in [9.17, 15) is 4.79 Å². The number of nitrogens with one attached hydrogen (secondary N) is 1. The highest BCUT2D eigenvalue weighted by Gasteiger charge is 2.19. The minimum absolute atomic E-state index is 0.230. The van der Waals surface area contributed by atoms with E-state index in [-0.39, 0.29) is 5.91 Å². The summed E-state index contributed by atoms with van der Waals surface area (Å²) < 4.78 is 10.7. The zero-order valence-electron chi connectivity index (χ0n) is 14.1. The Kier molecular flexibility index (Phi) is 5.79. The lowest BCUT2D eigenvalue weighted by molar-refractivity contribution is -0.122. The molecule has 5 nitrogen and oxygen atoms in total. The summed E-state index contributed by atoms with van der Waals surface area (Å²) >= 11 is 0. The SMILES string of the molecule is CCC(Oc1ccc(C(C)CC)cc1)C(=O)Nc1cc(C)on1. The zero-order chi connectivity index (χ0) is 16.8. The van der Waals surface area contributed by atoms with Gasteiger partial charge in [-0.1, -0.05) is 38.1 Å². The molecule has 0 aliphatic heterocycles.